The maximum Gasteiger partial charge on any atom is 0.270 e. The number of nitro groups is 1. The van der Waals surface area contributed by atoms with E-state index >= 15 is 0 Å². The Balaban J connectivity index is 2.91. The summed E-state index contributed by atoms with van der Waals surface area (Å²) in [6, 6.07) is 4.78. The number of sulfonamides is 1. The molecule has 1 aromatic rings. The number of hydrogen-bond acceptors (Lipinski definition) is 5. The van der Waals surface area contributed by atoms with E-state index in [1.165, 1.54) is 18.2 Å². The van der Waals surface area contributed by atoms with Gasteiger partial charge in [0.25, 0.3) is 5.69 Å². The Morgan fingerprint density at radius 1 is 1.41 bits per heavy atom. The lowest BCUT2D eigenvalue weighted by atomic mass is 10.3. The maximum absolute atomic E-state index is 11.7. The molecule has 0 bridgehead atoms. The minimum atomic E-state index is -3.75. The molecule has 0 spiro atoms. The molecule has 0 aliphatic carbocycles. The standard InChI is InChI=1S/C9H12N2O5S/c12-6-2-5-10-17(15,16)9-4-1-3-8(7-9)11(13)14/h1,3-4,7,10,12H,2,5-6H2. The van der Waals surface area contributed by atoms with E-state index in [1.807, 2.05) is 0 Å². The van der Waals surface area contributed by atoms with Crippen LogP contribution in [0.25, 0.3) is 0 Å². The molecule has 0 saturated heterocycles. The largest absolute Gasteiger partial charge is 0.396 e. The van der Waals surface area contributed by atoms with Crippen molar-refractivity contribution in [3.8, 4) is 0 Å². The van der Waals surface area contributed by atoms with Crippen molar-refractivity contribution in [3.63, 3.8) is 0 Å². The quantitative estimate of drug-likeness (QED) is 0.433. The molecular formula is C9H12N2O5S. The Kier molecular flexibility index (Phi) is 4.55. The molecule has 7 nitrogen and oxygen atoms in total. The van der Waals surface area contributed by atoms with E-state index in [1.54, 1.807) is 0 Å². The van der Waals surface area contributed by atoms with Crippen LogP contribution in [0.3, 0.4) is 0 Å². The van der Waals surface area contributed by atoms with Gasteiger partial charge in [0.05, 0.1) is 9.82 Å². The average Bonchev–Trinajstić information content (AvgIpc) is 2.29. The number of nitrogens with one attached hydrogen (secondary N) is 1. The number of nitrogens with zero attached hydrogens (tertiary/aromatic N) is 1. The van der Waals surface area contributed by atoms with Gasteiger partial charge in [-0.2, -0.15) is 0 Å². The Labute approximate surface area is 98.3 Å². The van der Waals surface area contributed by atoms with Gasteiger partial charge in [-0.1, -0.05) is 6.07 Å². The van der Waals surface area contributed by atoms with E-state index < -0.39 is 14.9 Å². The number of hydrogen-bond donors (Lipinski definition) is 2. The molecular weight excluding hydrogens is 248 g/mol. The molecule has 0 amide bonds. The van der Waals surface area contributed by atoms with E-state index in [4.69, 9.17) is 5.11 Å². The van der Waals surface area contributed by atoms with Crippen LogP contribution < -0.4 is 4.72 Å². The second-order valence-electron chi connectivity index (χ2n) is 3.23. The van der Waals surface area contributed by atoms with Crippen LogP contribution in [0, 0.1) is 10.1 Å². The van der Waals surface area contributed by atoms with Gasteiger partial charge in [-0.25, -0.2) is 13.1 Å². The monoisotopic (exact) mass is 260 g/mol. The van der Waals surface area contributed by atoms with E-state index in [0.717, 1.165) is 6.07 Å². The van der Waals surface area contributed by atoms with E-state index in [2.05, 4.69) is 4.72 Å². The fourth-order valence-corrected chi connectivity index (χ4v) is 2.25. The first kappa shape index (κ1) is 13.6. The van der Waals surface area contributed by atoms with Gasteiger partial charge >= 0.3 is 0 Å². The Hall–Kier alpha value is -1.51. The highest BCUT2D eigenvalue weighted by atomic mass is 32.2. The summed E-state index contributed by atoms with van der Waals surface area (Å²) in [7, 11) is -3.75. The van der Waals surface area contributed by atoms with Crippen molar-refractivity contribution in [1.29, 1.82) is 0 Å². The predicted molar refractivity (Wildman–Crippen MR) is 60.0 cm³/mol. The summed E-state index contributed by atoms with van der Waals surface area (Å²) in [5.41, 5.74) is -0.282. The Morgan fingerprint density at radius 3 is 2.71 bits per heavy atom. The summed E-state index contributed by atoms with van der Waals surface area (Å²) in [6.45, 7) is -0.0427. The number of rotatable bonds is 6. The van der Waals surface area contributed by atoms with Crippen LogP contribution in [0.4, 0.5) is 5.69 Å². The van der Waals surface area contributed by atoms with Crippen molar-refractivity contribution in [3.05, 3.63) is 34.4 Å². The highest BCUT2D eigenvalue weighted by Gasteiger charge is 2.16. The van der Waals surface area contributed by atoms with Gasteiger partial charge in [0.15, 0.2) is 0 Å². The molecule has 2 N–H and O–H groups in total. The number of aliphatic hydroxyl groups excluding tert-OH is 1. The predicted octanol–water partition coefficient (Wildman–Crippen LogP) is 0.256. The van der Waals surface area contributed by atoms with Crippen molar-refractivity contribution in [2.24, 2.45) is 0 Å². The molecule has 1 aromatic carbocycles. The van der Waals surface area contributed by atoms with Gasteiger partial charge in [-0.3, -0.25) is 10.1 Å². The fourth-order valence-electron chi connectivity index (χ4n) is 1.13. The summed E-state index contributed by atoms with van der Waals surface area (Å²) in [6.07, 6.45) is 0.286. The first-order valence-electron chi connectivity index (χ1n) is 4.82. The second-order valence-corrected chi connectivity index (χ2v) is 5.00. The third-order valence-electron chi connectivity index (χ3n) is 1.97. The topological polar surface area (TPSA) is 110 Å². The lowest BCUT2D eigenvalue weighted by Gasteiger charge is -2.05. The van der Waals surface area contributed by atoms with Crippen LogP contribution >= 0.6 is 0 Å². The van der Waals surface area contributed by atoms with Crippen molar-refractivity contribution < 1.29 is 18.4 Å². The zero-order valence-electron chi connectivity index (χ0n) is 8.87. The maximum atomic E-state index is 11.7. The van der Waals surface area contributed by atoms with Gasteiger partial charge in [-0.05, 0) is 12.5 Å². The SMILES string of the molecule is O=[N+]([O-])c1cccc(S(=O)(=O)NCCCO)c1. The fraction of sp³-hybridized carbons (Fsp3) is 0.333. The Morgan fingerprint density at radius 2 is 2.12 bits per heavy atom. The van der Waals surface area contributed by atoms with Gasteiger partial charge < -0.3 is 5.11 Å². The highest BCUT2D eigenvalue weighted by molar-refractivity contribution is 7.89. The van der Waals surface area contributed by atoms with Crippen molar-refractivity contribution in [2.75, 3.05) is 13.2 Å². The number of aliphatic hydroxyl groups is 1. The van der Waals surface area contributed by atoms with Crippen LogP contribution in [-0.2, 0) is 10.0 Å². The van der Waals surface area contributed by atoms with Crippen LogP contribution in [0.2, 0.25) is 0 Å². The smallest absolute Gasteiger partial charge is 0.270 e. The normalized spacial score (nSPS) is 11.4. The zero-order chi connectivity index (χ0) is 12.9. The molecule has 0 aromatic heterocycles. The Bertz CT molecular complexity index is 500. The molecule has 0 saturated carbocycles. The minimum Gasteiger partial charge on any atom is -0.396 e. The summed E-state index contributed by atoms with van der Waals surface area (Å²) in [4.78, 5) is 9.68. The van der Waals surface area contributed by atoms with Crippen molar-refractivity contribution >= 4 is 15.7 Å². The third kappa shape index (κ3) is 3.77. The number of non-ortho nitro benzene ring substituents is 1. The summed E-state index contributed by atoms with van der Waals surface area (Å²) >= 11 is 0. The third-order valence-corrected chi connectivity index (χ3v) is 3.42. The molecule has 0 unspecified atom stereocenters. The lowest BCUT2D eigenvalue weighted by Crippen LogP contribution is -2.25. The van der Waals surface area contributed by atoms with Crippen LogP contribution in [0.5, 0.6) is 0 Å². The van der Waals surface area contributed by atoms with Crippen LogP contribution in [0.15, 0.2) is 29.2 Å². The molecule has 1 rings (SSSR count). The number of nitro benzene ring substituents is 1. The van der Waals surface area contributed by atoms with Crippen LogP contribution in [0.1, 0.15) is 6.42 Å². The van der Waals surface area contributed by atoms with Gasteiger partial charge in [0.1, 0.15) is 0 Å². The van der Waals surface area contributed by atoms with E-state index in [-0.39, 0.29) is 30.2 Å². The lowest BCUT2D eigenvalue weighted by molar-refractivity contribution is -0.385. The molecule has 0 aliphatic rings. The summed E-state index contributed by atoms with van der Waals surface area (Å²) < 4.78 is 25.6. The van der Waals surface area contributed by atoms with Gasteiger partial charge in [-0.15, -0.1) is 0 Å². The second kappa shape index (κ2) is 5.71. The average molecular weight is 260 g/mol. The molecule has 0 heterocycles. The molecule has 0 aliphatic heterocycles. The molecule has 0 atom stereocenters. The van der Waals surface area contributed by atoms with E-state index in [9.17, 15) is 18.5 Å². The molecule has 8 heteroatoms. The van der Waals surface area contributed by atoms with Gasteiger partial charge in [0.2, 0.25) is 10.0 Å². The van der Waals surface area contributed by atoms with E-state index in [0.29, 0.717) is 0 Å². The molecule has 94 valence electrons. The first-order valence-corrected chi connectivity index (χ1v) is 6.30. The summed E-state index contributed by atoms with van der Waals surface area (Å²) in [5, 5.41) is 19.0. The van der Waals surface area contributed by atoms with Gasteiger partial charge in [0, 0.05) is 25.3 Å². The molecule has 0 radical (unpaired) electrons. The minimum absolute atomic E-state index is 0.0848. The molecule has 0 fully saturated rings. The van der Waals surface area contributed by atoms with Crippen molar-refractivity contribution in [1.82, 2.24) is 4.72 Å². The number of benzene rings is 1. The van der Waals surface area contributed by atoms with Crippen LogP contribution in [-0.4, -0.2) is 31.6 Å². The first-order chi connectivity index (χ1) is 7.97. The summed E-state index contributed by atoms with van der Waals surface area (Å²) in [5.74, 6) is 0. The van der Waals surface area contributed by atoms with Crippen molar-refractivity contribution in [2.45, 2.75) is 11.3 Å². The zero-order valence-corrected chi connectivity index (χ0v) is 9.68. The molecule has 17 heavy (non-hydrogen) atoms. The highest BCUT2D eigenvalue weighted by Crippen LogP contribution is 2.16.